The number of piperazine rings is 1. The van der Waals surface area contributed by atoms with Gasteiger partial charge >= 0.3 is 0 Å². The highest BCUT2D eigenvalue weighted by molar-refractivity contribution is 5.94. The van der Waals surface area contributed by atoms with Gasteiger partial charge < -0.3 is 20.3 Å². The van der Waals surface area contributed by atoms with Crippen LogP contribution >= 0.6 is 0 Å². The van der Waals surface area contributed by atoms with Gasteiger partial charge in [-0.2, -0.15) is 0 Å². The van der Waals surface area contributed by atoms with Crippen molar-refractivity contribution in [3.63, 3.8) is 0 Å². The lowest BCUT2D eigenvalue weighted by atomic mass is 10.1. The van der Waals surface area contributed by atoms with Crippen LogP contribution in [0.4, 0.5) is 0 Å². The summed E-state index contributed by atoms with van der Waals surface area (Å²) in [5, 5.41) is 0. The standard InChI is InChI=1S/C16H23N3O3/c1-22-14-6-4-13(5-7-14)16(21)19-11-9-18(10-12-19)15(20)3-2-8-17/h4-7H,2-3,8-12,17H2,1H3. The van der Waals surface area contributed by atoms with Gasteiger partial charge in [-0.15, -0.1) is 0 Å². The van der Waals surface area contributed by atoms with Crippen LogP contribution in [0.5, 0.6) is 5.75 Å². The van der Waals surface area contributed by atoms with E-state index >= 15 is 0 Å². The molecular formula is C16H23N3O3. The fourth-order valence-corrected chi connectivity index (χ4v) is 2.49. The van der Waals surface area contributed by atoms with E-state index < -0.39 is 0 Å². The quantitative estimate of drug-likeness (QED) is 0.869. The van der Waals surface area contributed by atoms with Crippen molar-refractivity contribution < 1.29 is 14.3 Å². The number of carbonyl (C=O) groups excluding carboxylic acids is 2. The molecule has 1 aromatic rings. The number of carbonyl (C=O) groups is 2. The molecule has 120 valence electrons. The lowest BCUT2D eigenvalue weighted by molar-refractivity contribution is -0.132. The van der Waals surface area contributed by atoms with E-state index in [2.05, 4.69) is 0 Å². The van der Waals surface area contributed by atoms with Crippen molar-refractivity contribution in [3.8, 4) is 5.75 Å². The van der Waals surface area contributed by atoms with Crippen LogP contribution in [0.25, 0.3) is 0 Å². The molecular weight excluding hydrogens is 282 g/mol. The smallest absolute Gasteiger partial charge is 0.253 e. The fraction of sp³-hybridized carbons (Fsp3) is 0.500. The summed E-state index contributed by atoms with van der Waals surface area (Å²) in [5.41, 5.74) is 6.06. The second-order valence-corrected chi connectivity index (χ2v) is 5.29. The van der Waals surface area contributed by atoms with Gasteiger partial charge in [0.15, 0.2) is 0 Å². The molecule has 2 N–H and O–H groups in total. The topological polar surface area (TPSA) is 75.9 Å². The van der Waals surface area contributed by atoms with Crippen LogP contribution in [-0.2, 0) is 4.79 Å². The van der Waals surface area contributed by atoms with Gasteiger partial charge in [-0.1, -0.05) is 0 Å². The van der Waals surface area contributed by atoms with Gasteiger partial charge in [0.2, 0.25) is 5.91 Å². The van der Waals surface area contributed by atoms with E-state index in [-0.39, 0.29) is 11.8 Å². The maximum absolute atomic E-state index is 12.4. The van der Waals surface area contributed by atoms with Crippen molar-refractivity contribution in [3.05, 3.63) is 29.8 Å². The van der Waals surface area contributed by atoms with Gasteiger partial charge in [0.25, 0.3) is 5.91 Å². The molecule has 6 heteroatoms. The molecule has 0 saturated carbocycles. The zero-order chi connectivity index (χ0) is 15.9. The molecule has 6 nitrogen and oxygen atoms in total. The van der Waals surface area contributed by atoms with Crippen molar-refractivity contribution in [1.82, 2.24) is 9.80 Å². The normalized spacial score (nSPS) is 14.8. The SMILES string of the molecule is COc1ccc(C(=O)N2CCN(C(=O)CCCN)CC2)cc1. The van der Waals surface area contributed by atoms with Crippen LogP contribution in [0.15, 0.2) is 24.3 Å². The van der Waals surface area contributed by atoms with Crippen molar-refractivity contribution in [2.75, 3.05) is 39.8 Å². The minimum atomic E-state index is -0.00305. The lowest BCUT2D eigenvalue weighted by Crippen LogP contribution is -2.50. The first-order chi connectivity index (χ1) is 10.7. The predicted octanol–water partition coefficient (Wildman–Crippen LogP) is 0.719. The Kier molecular flexibility index (Phi) is 5.77. The molecule has 1 aliphatic rings. The molecule has 1 fully saturated rings. The molecule has 1 saturated heterocycles. The average molecular weight is 305 g/mol. The fourth-order valence-electron chi connectivity index (χ4n) is 2.49. The minimum absolute atomic E-state index is 0.00305. The Labute approximate surface area is 130 Å². The number of hydrogen-bond donors (Lipinski definition) is 1. The molecule has 2 amide bonds. The monoisotopic (exact) mass is 305 g/mol. The van der Waals surface area contributed by atoms with Crippen LogP contribution in [0.2, 0.25) is 0 Å². The molecule has 0 aliphatic carbocycles. The highest BCUT2D eigenvalue weighted by Crippen LogP contribution is 2.14. The molecule has 1 aromatic carbocycles. The van der Waals surface area contributed by atoms with Gasteiger partial charge in [0.1, 0.15) is 5.75 Å². The molecule has 0 bridgehead atoms. The molecule has 2 rings (SSSR count). The molecule has 1 heterocycles. The second-order valence-electron chi connectivity index (χ2n) is 5.29. The molecule has 1 aliphatic heterocycles. The first kappa shape index (κ1) is 16.3. The molecule has 22 heavy (non-hydrogen) atoms. The van der Waals surface area contributed by atoms with Gasteiger partial charge in [-0.3, -0.25) is 9.59 Å². The maximum Gasteiger partial charge on any atom is 0.253 e. The Morgan fingerprint density at radius 3 is 2.23 bits per heavy atom. The third-order valence-corrected chi connectivity index (χ3v) is 3.85. The molecule has 0 spiro atoms. The summed E-state index contributed by atoms with van der Waals surface area (Å²) in [5.74, 6) is 0.852. The largest absolute Gasteiger partial charge is 0.497 e. The number of rotatable bonds is 5. The minimum Gasteiger partial charge on any atom is -0.497 e. The third kappa shape index (κ3) is 3.98. The number of nitrogens with zero attached hydrogens (tertiary/aromatic N) is 2. The number of hydrogen-bond acceptors (Lipinski definition) is 4. The summed E-state index contributed by atoms with van der Waals surface area (Å²) >= 11 is 0. The number of ether oxygens (including phenoxy) is 1. The van der Waals surface area contributed by atoms with Crippen molar-refractivity contribution in [2.24, 2.45) is 5.73 Å². The van der Waals surface area contributed by atoms with E-state index in [1.54, 1.807) is 36.3 Å². The van der Waals surface area contributed by atoms with E-state index in [1.807, 2.05) is 4.90 Å². The van der Waals surface area contributed by atoms with Gasteiger partial charge in [0, 0.05) is 38.2 Å². The van der Waals surface area contributed by atoms with Crippen molar-refractivity contribution >= 4 is 11.8 Å². The number of amides is 2. The Balaban J connectivity index is 1.87. The van der Waals surface area contributed by atoms with Crippen molar-refractivity contribution in [2.45, 2.75) is 12.8 Å². The second kappa shape index (κ2) is 7.79. The summed E-state index contributed by atoms with van der Waals surface area (Å²) in [6.07, 6.45) is 1.20. The molecule has 0 radical (unpaired) electrons. The van der Waals surface area contributed by atoms with Crippen molar-refractivity contribution in [1.29, 1.82) is 0 Å². The zero-order valence-corrected chi connectivity index (χ0v) is 13.0. The molecule has 0 aromatic heterocycles. The maximum atomic E-state index is 12.4. The van der Waals surface area contributed by atoms with Crippen LogP contribution in [0, 0.1) is 0 Å². The highest BCUT2D eigenvalue weighted by Gasteiger charge is 2.24. The number of benzene rings is 1. The van der Waals surface area contributed by atoms with Crippen LogP contribution < -0.4 is 10.5 Å². The Morgan fingerprint density at radius 1 is 1.09 bits per heavy atom. The Bertz CT molecular complexity index is 508. The van der Waals surface area contributed by atoms with E-state index in [0.29, 0.717) is 51.1 Å². The van der Waals surface area contributed by atoms with E-state index in [9.17, 15) is 9.59 Å². The van der Waals surface area contributed by atoms with E-state index in [0.717, 1.165) is 5.75 Å². The molecule has 0 unspecified atom stereocenters. The van der Waals surface area contributed by atoms with E-state index in [4.69, 9.17) is 10.5 Å². The summed E-state index contributed by atoms with van der Waals surface area (Å²) < 4.78 is 5.09. The highest BCUT2D eigenvalue weighted by atomic mass is 16.5. The lowest BCUT2D eigenvalue weighted by Gasteiger charge is -2.35. The number of methoxy groups -OCH3 is 1. The van der Waals surface area contributed by atoms with Crippen LogP contribution in [0.3, 0.4) is 0 Å². The van der Waals surface area contributed by atoms with Crippen LogP contribution in [0.1, 0.15) is 23.2 Å². The third-order valence-electron chi connectivity index (χ3n) is 3.85. The average Bonchev–Trinajstić information content (AvgIpc) is 2.59. The zero-order valence-electron chi connectivity index (χ0n) is 13.0. The van der Waals surface area contributed by atoms with Gasteiger partial charge in [-0.05, 0) is 37.2 Å². The molecule has 0 atom stereocenters. The van der Waals surface area contributed by atoms with Crippen LogP contribution in [-0.4, -0.2) is 61.4 Å². The first-order valence-electron chi connectivity index (χ1n) is 7.57. The Hall–Kier alpha value is -2.08. The summed E-state index contributed by atoms with van der Waals surface area (Å²) in [6.45, 7) is 2.84. The summed E-state index contributed by atoms with van der Waals surface area (Å²) in [7, 11) is 1.59. The van der Waals surface area contributed by atoms with E-state index in [1.165, 1.54) is 0 Å². The predicted molar refractivity (Wildman–Crippen MR) is 83.8 cm³/mol. The van der Waals surface area contributed by atoms with Gasteiger partial charge in [0.05, 0.1) is 7.11 Å². The van der Waals surface area contributed by atoms with Gasteiger partial charge in [-0.25, -0.2) is 0 Å². The first-order valence-corrected chi connectivity index (χ1v) is 7.57. The summed E-state index contributed by atoms with van der Waals surface area (Å²) in [4.78, 5) is 27.9. The Morgan fingerprint density at radius 2 is 1.68 bits per heavy atom. The summed E-state index contributed by atoms with van der Waals surface area (Å²) in [6, 6.07) is 7.08. The number of nitrogens with two attached hydrogens (primary N) is 1.